The molecule has 1 aliphatic heterocycles. The molecule has 0 aliphatic carbocycles. The lowest BCUT2D eigenvalue weighted by Gasteiger charge is -2.09. The van der Waals surface area contributed by atoms with Crippen molar-refractivity contribution in [1.82, 2.24) is 10.6 Å². The van der Waals surface area contributed by atoms with E-state index in [4.69, 9.17) is 5.73 Å². The van der Waals surface area contributed by atoms with Crippen molar-refractivity contribution in [1.29, 1.82) is 0 Å². The van der Waals surface area contributed by atoms with Crippen LogP contribution in [0.25, 0.3) is 0 Å². The van der Waals surface area contributed by atoms with Gasteiger partial charge >= 0.3 is 6.03 Å². The van der Waals surface area contributed by atoms with Crippen molar-refractivity contribution in [2.24, 2.45) is 5.73 Å². The van der Waals surface area contributed by atoms with Gasteiger partial charge in [-0.25, -0.2) is 4.79 Å². The topological polar surface area (TPSA) is 67.2 Å². The van der Waals surface area contributed by atoms with Gasteiger partial charge in [0.05, 0.1) is 0 Å². The maximum absolute atomic E-state index is 10.4. The van der Waals surface area contributed by atoms with E-state index in [9.17, 15) is 4.79 Å². The fourth-order valence-electron chi connectivity index (χ4n) is 1.90. The van der Waals surface area contributed by atoms with E-state index < -0.39 is 6.03 Å². The van der Waals surface area contributed by atoms with Crippen LogP contribution >= 0.6 is 11.8 Å². The summed E-state index contributed by atoms with van der Waals surface area (Å²) >= 11 is 1.93. The zero-order chi connectivity index (χ0) is 12.1. The lowest BCUT2D eigenvalue weighted by molar-refractivity contribution is 0.249. The van der Waals surface area contributed by atoms with Crippen molar-refractivity contribution in [2.75, 3.05) is 19.6 Å². The molecule has 4 N–H and O–H groups in total. The summed E-state index contributed by atoms with van der Waals surface area (Å²) in [7, 11) is 0. The van der Waals surface area contributed by atoms with E-state index in [1.807, 2.05) is 11.8 Å². The molecule has 0 fully saturated rings. The van der Waals surface area contributed by atoms with E-state index in [2.05, 4.69) is 34.9 Å². The molecule has 1 aromatic rings. The third kappa shape index (κ3) is 3.64. The molecular weight excluding hydrogens is 234 g/mol. The van der Waals surface area contributed by atoms with Gasteiger partial charge in [0, 0.05) is 29.8 Å². The largest absolute Gasteiger partial charge is 0.352 e. The Labute approximate surface area is 105 Å². The number of hydrogen-bond acceptors (Lipinski definition) is 3. The highest BCUT2D eigenvalue weighted by Crippen LogP contribution is 2.36. The number of urea groups is 1. The lowest BCUT2D eigenvalue weighted by atomic mass is 10.1. The van der Waals surface area contributed by atoms with Crippen molar-refractivity contribution in [3.8, 4) is 0 Å². The van der Waals surface area contributed by atoms with Gasteiger partial charge in [-0.2, -0.15) is 0 Å². The molecule has 1 aliphatic rings. The molecule has 0 radical (unpaired) electrons. The molecule has 1 unspecified atom stereocenters. The van der Waals surface area contributed by atoms with Crippen LogP contribution in [0.2, 0.25) is 0 Å². The number of fused-ring (bicyclic) bond motifs is 1. The molecule has 4 nitrogen and oxygen atoms in total. The van der Waals surface area contributed by atoms with E-state index in [-0.39, 0.29) is 0 Å². The molecule has 2 amide bonds. The number of carbonyl (C=O) groups is 1. The van der Waals surface area contributed by atoms with Crippen LogP contribution in [0.5, 0.6) is 0 Å². The highest BCUT2D eigenvalue weighted by Gasteiger charge is 2.20. The predicted octanol–water partition coefficient (Wildman–Crippen LogP) is 0.961. The van der Waals surface area contributed by atoms with Crippen molar-refractivity contribution >= 4 is 17.8 Å². The smallest absolute Gasteiger partial charge is 0.312 e. The van der Waals surface area contributed by atoms with Crippen LogP contribution in [-0.4, -0.2) is 30.9 Å². The van der Waals surface area contributed by atoms with Gasteiger partial charge in [-0.3, -0.25) is 0 Å². The van der Waals surface area contributed by atoms with Crippen molar-refractivity contribution < 1.29 is 4.79 Å². The van der Waals surface area contributed by atoms with Crippen molar-refractivity contribution in [2.45, 2.75) is 16.6 Å². The second kappa shape index (κ2) is 5.93. The Hall–Kier alpha value is -1.20. The minimum absolute atomic E-state index is 0.463. The second-order valence-electron chi connectivity index (χ2n) is 4.05. The Morgan fingerprint density at radius 3 is 3.00 bits per heavy atom. The first kappa shape index (κ1) is 12.3. The number of rotatable bonds is 5. The van der Waals surface area contributed by atoms with E-state index in [0.29, 0.717) is 11.8 Å². The first-order valence-electron chi connectivity index (χ1n) is 5.74. The standard InChI is InChI=1S/C12H17N3OS/c13-12(16)15-6-5-14-8-10-7-9-3-1-2-4-11(9)17-10/h1-4,10,14H,5-8H2,(H3,13,15,16). The molecule has 0 saturated carbocycles. The van der Waals surface area contributed by atoms with E-state index >= 15 is 0 Å². The zero-order valence-corrected chi connectivity index (χ0v) is 10.4. The van der Waals surface area contributed by atoms with Gasteiger partial charge in [0.2, 0.25) is 0 Å². The summed E-state index contributed by atoms with van der Waals surface area (Å²) in [5, 5.41) is 6.48. The zero-order valence-electron chi connectivity index (χ0n) is 9.61. The summed E-state index contributed by atoms with van der Waals surface area (Å²) in [4.78, 5) is 11.8. The fraction of sp³-hybridized carbons (Fsp3) is 0.417. The Morgan fingerprint density at radius 2 is 2.24 bits per heavy atom. The van der Waals surface area contributed by atoms with Crippen LogP contribution in [0.1, 0.15) is 5.56 Å². The number of thioether (sulfide) groups is 1. The van der Waals surface area contributed by atoms with Crippen LogP contribution in [0, 0.1) is 0 Å². The Morgan fingerprint density at radius 1 is 1.41 bits per heavy atom. The maximum atomic E-state index is 10.4. The number of carbonyl (C=O) groups excluding carboxylic acids is 1. The summed E-state index contributed by atoms with van der Waals surface area (Å²) in [5.41, 5.74) is 6.42. The molecule has 0 spiro atoms. The molecule has 17 heavy (non-hydrogen) atoms. The molecule has 5 heteroatoms. The SMILES string of the molecule is NC(=O)NCCNCC1Cc2ccccc2S1. The van der Waals surface area contributed by atoms with Gasteiger partial charge in [-0.15, -0.1) is 11.8 Å². The monoisotopic (exact) mass is 251 g/mol. The van der Waals surface area contributed by atoms with Crippen LogP contribution in [0.3, 0.4) is 0 Å². The maximum Gasteiger partial charge on any atom is 0.312 e. The summed E-state index contributed by atoms with van der Waals surface area (Å²) < 4.78 is 0. The average molecular weight is 251 g/mol. The van der Waals surface area contributed by atoms with E-state index in [1.54, 1.807) is 0 Å². The minimum Gasteiger partial charge on any atom is -0.352 e. The molecule has 0 aromatic heterocycles. The average Bonchev–Trinajstić information content (AvgIpc) is 2.70. The molecule has 1 aromatic carbocycles. The Kier molecular flexibility index (Phi) is 4.28. The highest BCUT2D eigenvalue weighted by atomic mass is 32.2. The number of hydrogen-bond donors (Lipinski definition) is 3. The van der Waals surface area contributed by atoms with E-state index in [1.165, 1.54) is 10.5 Å². The van der Waals surface area contributed by atoms with Crippen molar-refractivity contribution in [3.05, 3.63) is 29.8 Å². The minimum atomic E-state index is -0.463. The number of primary amides is 1. The van der Waals surface area contributed by atoms with Gasteiger partial charge in [0.25, 0.3) is 0 Å². The summed E-state index contributed by atoms with van der Waals surface area (Å²) in [6.07, 6.45) is 1.12. The van der Waals surface area contributed by atoms with Gasteiger partial charge in [-0.05, 0) is 18.1 Å². The molecular formula is C12H17N3OS. The third-order valence-corrected chi connectivity index (χ3v) is 4.01. The number of nitrogens with one attached hydrogen (secondary N) is 2. The normalized spacial score (nSPS) is 17.8. The second-order valence-corrected chi connectivity index (χ2v) is 5.39. The van der Waals surface area contributed by atoms with Crippen LogP contribution in [0.15, 0.2) is 29.2 Å². The number of amides is 2. The molecule has 1 atom stereocenters. The fourth-order valence-corrected chi connectivity index (χ4v) is 3.19. The quantitative estimate of drug-likeness (QED) is 0.683. The molecule has 0 bridgehead atoms. The van der Waals surface area contributed by atoms with Crippen LogP contribution in [-0.2, 0) is 6.42 Å². The summed E-state index contributed by atoms with van der Waals surface area (Å²) in [5.74, 6) is 0. The Bertz CT molecular complexity index is 372. The van der Waals surface area contributed by atoms with Crippen LogP contribution < -0.4 is 16.4 Å². The summed E-state index contributed by atoms with van der Waals surface area (Å²) in [6.45, 7) is 2.30. The predicted molar refractivity (Wildman–Crippen MR) is 70.2 cm³/mol. The van der Waals surface area contributed by atoms with Gasteiger partial charge in [-0.1, -0.05) is 18.2 Å². The van der Waals surface area contributed by atoms with Crippen LogP contribution in [0.4, 0.5) is 4.79 Å². The lowest BCUT2D eigenvalue weighted by Crippen LogP contribution is -2.37. The number of nitrogens with two attached hydrogens (primary N) is 1. The Balaban J connectivity index is 1.65. The van der Waals surface area contributed by atoms with Gasteiger partial charge in [0.1, 0.15) is 0 Å². The van der Waals surface area contributed by atoms with Crippen molar-refractivity contribution in [3.63, 3.8) is 0 Å². The highest BCUT2D eigenvalue weighted by molar-refractivity contribution is 8.00. The molecule has 0 saturated heterocycles. The molecule has 2 rings (SSSR count). The molecule has 1 heterocycles. The van der Waals surface area contributed by atoms with Gasteiger partial charge < -0.3 is 16.4 Å². The molecule has 92 valence electrons. The third-order valence-electron chi connectivity index (χ3n) is 2.69. The first-order valence-corrected chi connectivity index (χ1v) is 6.62. The number of benzene rings is 1. The summed E-state index contributed by atoms with van der Waals surface area (Å²) in [6, 6.07) is 8.07. The van der Waals surface area contributed by atoms with E-state index in [0.717, 1.165) is 19.5 Å². The first-order chi connectivity index (χ1) is 8.25. The van der Waals surface area contributed by atoms with Gasteiger partial charge in [0.15, 0.2) is 0 Å².